The third-order valence-corrected chi connectivity index (χ3v) is 6.57. The molecule has 11 nitrogen and oxygen atoms in total. The third-order valence-electron chi connectivity index (χ3n) is 6.57. The van der Waals surface area contributed by atoms with Gasteiger partial charge in [0.05, 0.1) is 6.54 Å². The molecule has 0 aliphatic carbocycles. The van der Waals surface area contributed by atoms with Gasteiger partial charge in [0.1, 0.15) is 18.6 Å². The van der Waals surface area contributed by atoms with Gasteiger partial charge in [0.15, 0.2) is 5.96 Å². The Kier molecular flexibility index (Phi) is 10.8. The molecule has 0 radical (unpaired) electrons. The molecule has 0 unspecified atom stereocenters. The molecule has 208 valence electrons. The zero-order chi connectivity index (χ0) is 28.2. The molecule has 1 aliphatic rings. The van der Waals surface area contributed by atoms with Crippen LogP contribution in [0.1, 0.15) is 30.4 Å². The van der Waals surface area contributed by atoms with E-state index in [1.54, 1.807) is 4.90 Å². The fourth-order valence-electron chi connectivity index (χ4n) is 4.57. The fraction of sp³-hybridized carbons (Fsp3) is 0.393. The molecule has 39 heavy (non-hydrogen) atoms. The number of nitrogens with one attached hydrogen (secondary N) is 1. The van der Waals surface area contributed by atoms with Crippen LogP contribution in [-0.4, -0.2) is 77.7 Å². The molecule has 2 aromatic rings. The number of guanidine groups is 1. The highest BCUT2D eigenvalue weighted by atomic mass is 16.2. The number of hydrogen-bond acceptors (Lipinski definition) is 5. The number of carbonyl (C=O) groups excluding carboxylic acids is 4. The summed E-state index contributed by atoms with van der Waals surface area (Å²) in [6, 6.07) is 17.5. The predicted octanol–water partition coefficient (Wildman–Crippen LogP) is -0.0750. The Bertz CT molecular complexity index is 1150. The Morgan fingerprint density at radius 2 is 1.59 bits per heavy atom. The second kappa shape index (κ2) is 14.5. The van der Waals surface area contributed by atoms with Gasteiger partial charge in [-0.15, -0.1) is 0 Å². The van der Waals surface area contributed by atoms with Gasteiger partial charge in [0.2, 0.25) is 23.6 Å². The highest BCUT2D eigenvalue weighted by Gasteiger charge is 2.40. The molecule has 3 rings (SSSR count). The summed E-state index contributed by atoms with van der Waals surface area (Å²) in [5.41, 5.74) is 18.1. The van der Waals surface area contributed by atoms with Crippen molar-refractivity contribution in [2.75, 3.05) is 26.2 Å². The second-order valence-corrected chi connectivity index (χ2v) is 9.55. The Morgan fingerprint density at radius 1 is 0.949 bits per heavy atom. The van der Waals surface area contributed by atoms with Gasteiger partial charge < -0.3 is 32.3 Å². The average molecular weight is 536 g/mol. The number of carbonyl (C=O) groups is 4. The van der Waals surface area contributed by atoms with Crippen LogP contribution in [0.5, 0.6) is 0 Å². The van der Waals surface area contributed by atoms with Crippen molar-refractivity contribution in [1.29, 1.82) is 0 Å². The first-order valence-corrected chi connectivity index (χ1v) is 13.0. The molecule has 2 atom stereocenters. The van der Waals surface area contributed by atoms with E-state index in [4.69, 9.17) is 17.2 Å². The van der Waals surface area contributed by atoms with Gasteiger partial charge in [-0.2, -0.15) is 0 Å². The van der Waals surface area contributed by atoms with Crippen LogP contribution >= 0.6 is 0 Å². The van der Waals surface area contributed by atoms with Crippen LogP contribution in [0, 0.1) is 0 Å². The number of primary amides is 1. The van der Waals surface area contributed by atoms with Crippen molar-refractivity contribution in [1.82, 2.24) is 15.1 Å². The van der Waals surface area contributed by atoms with Gasteiger partial charge in [-0.25, -0.2) is 0 Å². The Hall–Kier alpha value is -4.41. The summed E-state index contributed by atoms with van der Waals surface area (Å²) in [4.78, 5) is 58.4. The lowest BCUT2D eigenvalue weighted by atomic mass is 10.00. The van der Waals surface area contributed by atoms with Crippen LogP contribution in [0.25, 0.3) is 0 Å². The lowest BCUT2D eigenvalue weighted by Crippen LogP contribution is -2.62. The van der Waals surface area contributed by atoms with E-state index in [2.05, 4.69) is 10.3 Å². The van der Waals surface area contributed by atoms with E-state index in [0.717, 1.165) is 17.5 Å². The number of nitrogens with two attached hydrogens (primary N) is 3. The standard InChI is InChI=1S/C28H37N7O4/c29-26(38)22(14-7-15-32-28(30)31)33-24(36)18-35-23(17-21-11-5-2-6-12-21)27(39)34(19-25(35)37)16-8-13-20-9-3-1-4-10-20/h1-6,9-12,22-23H,7-8,13-19H2,(H2,29,38)(H,33,36)(H4,30,31,32)/t22-,23+/m0/s1. The van der Waals surface area contributed by atoms with Crippen molar-refractivity contribution < 1.29 is 19.2 Å². The van der Waals surface area contributed by atoms with Crippen LogP contribution in [-0.2, 0) is 32.0 Å². The fourth-order valence-corrected chi connectivity index (χ4v) is 4.57. The number of aliphatic imine (C=N–C) groups is 1. The van der Waals surface area contributed by atoms with Crippen LogP contribution in [0.3, 0.4) is 0 Å². The molecule has 1 heterocycles. The lowest BCUT2D eigenvalue weighted by Gasteiger charge is -2.40. The Labute approximate surface area is 228 Å². The monoisotopic (exact) mass is 535 g/mol. The Morgan fingerprint density at radius 3 is 2.21 bits per heavy atom. The second-order valence-electron chi connectivity index (χ2n) is 9.55. The maximum Gasteiger partial charge on any atom is 0.246 e. The molecule has 1 fully saturated rings. The SMILES string of the molecule is NC(=O)[C@H](CCCN=C(N)N)NC(=O)CN1C(=O)CN(CCCc2ccccc2)C(=O)[C@H]1Cc1ccccc1. The van der Waals surface area contributed by atoms with Gasteiger partial charge >= 0.3 is 0 Å². The van der Waals surface area contributed by atoms with E-state index in [1.807, 2.05) is 60.7 Å². The van der Waals surface area contributed by atoms with Crippen molar-refractivity contribution in [2.24, 2.45) is 22.2 Å². The van der Waals surface area contributed by atoms with Crippen LogP contribution in [0.15, 0.2) is 65.7 Å². The molecule has 0 bridgehead atoms. The topological polar surface area (TPSA) is 177 Å². The van der Waals surface area contributed by atoms with E-state index in [9.17, 15) is 19.2 Å². The van der Waals surface area contributed by atoms with Gasteiger partial charge in [-0.05, 0) is 36.8 Å². The van der Waals surface area contributed by atoms with Crippen LogP contribution in [0.4, 0.5) is 0 Å². The van der Waals surface area contributed by atoms with Crippen LogP contribution in [0.2, 0.25) is 0 Å². The van der Waals surface area contributed by atoms with Crippen molar-refractivity contribution in [3.63, 3.8) is 0 Å². The maximum absolute atomic E-state index is 13.6. The molecule has 2 aromatic carbocycles. The minimum Gasteiger partial charge on any atom is -0.370 e. The number of amides is 4. The van der Waals surface area contributed by atoms with Crippen molar-refractivity contribution >= 4 is 29.6 Å². The smallest absolute Gasteiger partial charge is 0.246 e. The zero-order valence-corrected chi connectivity index (χ0v) is 22.0. The number of rotatable bonds is 14. The maximum atomic E-state index is 13.6. The number of piperazine rings is 1. The molecular formula is C28H37N7O4. The summed E-state index contributed by atoms with van der Waals surface area (Å²) in [7, 11) is 0. The van der Waals surface area contributed by atoms with Crippen molar-refractivity contribution in [3.8, 4) is 0 Å². The molecular weight excluding hydrogens is 498 g/mol. The predicted molar refractivity (Wildman–Crippen MR) is 148 cm³/mol. The quantitative estimate of drug-likeness (QED) is 0.149. The van der Waals surface area contributed by atoms with Gasteiger partial charge in [0, 0.05) is 19.5 Å². The molecule has 1 saturated heterocycles. The number of hydrogen-bond donors (Lipinski definition) is 4. The summed E-state index contributed by atoms with van der Waals surface area (Å²) < 4.78 is 0. The van der Waals surface area contributed by atoms with E-state index >= 15 is 0 Å². The molecule has 0 spiro atoms. The summed E-state index contributed by atoms with van der Waals surface area (Å²) in [5.74, 6) is -1.88. The minimum atomic E-state index is -0.954. The minimum absolute atomic E-state index is 0.0680. The van der Waals surface area contributed by atoms with E-state index in [-0.39, 0.29) is 50.2 Å². The first-order valence-electron chi connectivity index (χ1n) is 13.0. The normalized spacial score (nSPS) is 16.1. The first-order chi connectivity index (χ1) is 18.7. The van der Waals surface area contributed by atoms with E-state index < -0.39 is 23.9 Å². The summed E-state index contributed by atoms with van der Waals surface area (Å²) in [6.45, 7) is 0.242. The number of benzene rings is 2. The average Bonchev–Trinajstić information content (AvgIpc) is 2.91. The largest absolute Gasteiger partial charge is 0.370 e. The lowest BCUT2D eigenvalue weighted by molar-refractivity contribution is -0.157. The van der Waals surface area contributed by atoms with Crippen molar-refractivity contribution in [3.05, 3.63) is 71.8 Å². The van der Waals surface area contributed by atoms with Gasteiger partial charge in [-0.3, -0.25) is 24.2 Å². The number of aryl methyl sites for hydroxylation is 1. The highest BCUT2D eigenvalue weighted by molar-refractivity contribution is 5.97. The van der Waals surface area contributed by atoms with Crippen LogP contribution < -0.4 is 22.5 Å². The Balaban J connectivity index is 1.67. The zero-order valence-electron chi connectivity index (χ0n) is 22.0. The molecule has 4 amide bonds. The van der Waals surface area contributed by atoms with E-state index in [1.165, 1.54) is 4.90 Å². The molecule has 11 heteroatoms. The van der Waals surface area contributed by atoms with Gasteiger partial charge in [-0.1, -0.05) is 60.7 Å². The summed E-state index contributed by atoms with van der Waals surface area (Å²) in [6.07, 6.45) is 2.41. The first kappa shape index (κ1) is 29.2. The molecule has 0 saturated carbocycles. The van der Waals surface area contributed by atoms with Crippen molar-refractivity contribution in [2.45, 2.75) is 44.2 Å². The number of nitrogens with zero attached hydrogens (tertiary/aromatic N) is 3. The van der Waals surface area contributed by atoms with Gasteiger partial charge in [0.25, 0.3) is 0 Å². The molecule has 1 aliphatic heterocycles. The molecule has 7 N–H and O–H groups in total. The summed E-state index contributed by atoms with van der Waals surface area (Å²) in [5, 5.41) is 2.59. The van der Waals surface area contributed by atoms with E-state index in [0.29, 0.717) is 19.4 Å². The summed E-state index contributed by atoms with van der Waals surface area (Å²) >= 11 is 0. The molecule has 0 aromatic heterocycles. The third kappa shape index (κ3) is 9.13. The highest BCUT2D eigenvalue weighted by Crippen LogP contribution is 2.18.